The number of piperazine rings is 1. The number of alkyl halides is 3. The maximum absolute atomic E-state index is 11.7. The van der Waals surface area contributed by atoms with Gasteiger partial charge >= 0.3 is 12.1 Å². The minimum atomic E-state index is -4.80. The first-order valence-electron chi connectivity index (χ1n) is 3.83. The van der Waals surface area contributed by atoms with Crippen molar-refractivity contribution in [3.63, 3.8) is 0 Å². The van der Waals surface area contributed by atoms with Gasteiger partial charge in [-0.15, -0.1) is 0 Å². The van der Waals surface area contributed by atoms with E-state index in [1.165, 1.54) is 5.01 Å². The Bertz CT molecular complexity index is 188. The Balaban J connectivity index is 2.35. The van der Waals surface area contributed by atoms with Gasteiger partial charge in [0.05, 0.1) is 0 Å². The summed E-state index contributed by atoms with van der Waals surface area (Å²) in [7, 11) is 0. The normalized spacial score (nSPS) is 19.9. The zero-order chi connectivity index (χ0) is 9.90. The molecule has 0 bridgehead atoms. The standard InChI is InChI=1S/C6H10F3N3O/c7-6(8,9)5(13)11-12-3-1-10-2-4-12/h10H,1-4H2,(H,11,13). The number of carbonyl (C=O) groups excluding carboxylic acids is 1. The third-order valence-electron chi connectivity index (χ3n) is 1.63. The predicted molar refractivity (Wildman–Crippen MR) is 38.6 cm³/mol. The van der Waals surface area contributed by atoms with E-state index >= 15 is 0 Å². The molecule has 1 saturated heterocycles. The van der Waals surface area contributed by atoms with Crippen LogP contribution < -0.4 is 10.7 Å². The van der Waals surface area contributed by atoms with Crippen molar-refractivity contribution in [2.45, 2.75) is 6.18 Å². The van der Waals surface area contributed by atoms with E-state index in [2.05, 4.69) is 5.32 Å². The lowest BCUT2D eigenvalue weighted by molar-refractivity contribution is -0.179. The molecule has 2 N–H and O–H groups in total. The molecule has 0 atom stereocenters. The number of nitrogens with zero attached hydrogens (tertiary/aromatic N) is 1. The van der Waals surface area contributed by atoms with Gasteiger partial charge in [0.2, 0.25) is 0 Å². The van der Waals surface area contributed by atoms with Gasteiger partial charge < -0.3 is 5.32 Å². The third kappa shape index (κ3) is 3.19. The Morgan fingerprint density at radius 2 is 1.85 bits per heavy atom. The summed E-state index contributed by atoms with van der Waals surface area (Å²) in [5.74, 6) is -1.91. The maximum Gasteiger partial charge on any atom is 0.472 e. The molecule has 0 aromatic heterocycles. The van der Waals surface area contributed by atoms with Crippen LogP contribution in [0.2, 0.25) is 0 Å². The molecule has 1 rings (SSSR count). The number of rotatable bonds is 1. The van der Waals surface area contributed by atoms with Crippen LogP contribution in [-0.2, 0) is 4.79 Å². The summed E-state index contributed by atoms with van der Waals surface area (Å²) in [5.41, 5.74) is 1.79. The van der Waals surface area contributed by atoms with E-state index in [1.807, 2.05) is 0 Å². The molecule has 4 nitrogen and oxygen atoms in total. The number of amides is 1. The van der Waals surface area contributed by atoms with Gasteiger partial charge in [0.25, 0.3) is 0 Å². The van der Waals surface area contributed by atoms with Gasteiger partial charge in [0.1, 0.15) is 0 Å². The van der Waals surface area contributed by atoms with Gasteiger partial charge in [0, 0.05) is 26.2 Å². The molecule has 0 aromatic carbocycles. The second-order valence-corrected chi connectivity index (χ2v) is 2.68. The Hall–Kier alpha value is -0.820. The van der Waals surface area contributed by atoms with E-state index in [4.69, 9.17) is 0 Å². The minimum Gasteiger partial charge on any atom is -0.314 e. The van der Waals surface area contributed by atoms with Crippen LogP contribution in [0.5, 0.6) is 0 Å². The van der Waals surface area contributed by atoms with Gasteiger partial charge in [0.15, 0.2) is 0 Å². The highest BCUT2D eigenvalue weighted by Crippen LogP contribution is 2.14. The molecule has 0 radical (unpaired) electrons. The fraction of sp³-hybridized carbons (Fsp3) is 0.833. The third-order valence-corrected chi connectivity index (χ3v) is 1.63. The van der Waals surface area contributed by atoms with Crippen LogP contribution in [0.3, 0.4) is 0 Å². The van der Waals surface area contributed by atoms with Crippen LogP contribution in [0.15, 0.2) is 0 Å². The molecule has 0 saturated carbocycles. The fourth-order valence-corrected chi connectivity index (χ4v) is 0.984. The van der Waals surface area contributed by atoms with Crippen molar-refractivity contribution >= 4 is 5.91 Å². The summed E-state index contributed by atoms with van der Waals surface area (Å²) in [6.45, 7) is 1.94. The molecular formula is C6H10F3N3O. The molecule has 1 aliphatic rings. The average molecular weight is 197 g/mol. The Morgan fingerprint density at radius 1 is 1.31 bits per heavy atom. The molecule has 7 heteroatoms. The van der Waals surface area contributed by atoms with Gasteiger partial charge in [-0.3, -0.25) is 10.2 Å². The highest BCUT2D eigenvalue weighted by molar-refractivity contribution is 5.81. The molecule has 0 unspecified atom stereocenters. The van der Waals surface area contributed by atoms with Crippen molar-refractivity contribution in [1.29, 1.82) is 0 Å². The zero-order valence-electron chi connectivity index (χ0n) is 6.82. The summed E-state index contributed by atoms with van der Waals surface area (Å²) in [6, 6.07) is 0. The molecular weight excluding hydrogens is 187 g/mol. The highest BCUT2D eigenvalue weighted by atomic mass is 19.4. The van der Waals surface area contributed by atoms with Crippen LogP contribution in [0.1, 0.15) is 0 Å². The smallest absolute Gasteiger partial charge is 0.314 e. The topological polar surface area (TPSA) is 44.4 Å². The molecule has 0 aromatic rings. The lowest BCUT2D eigenvalue weighted by Crippen LogP contribution is -2.55. The minimum absolute atomic E-state index is 0.391. The number of hydrazine groups is 1. The zero-order valence-corrected chi connectivity index (χ0v) is 6.82. The van der Waals surface area contributed by atoms with Crippen molar-refractivity contribution in [3.8, 4) is 0 Å². The van der Waals surface area contributed by atoms with E-state index in [0.29, 0.717) is 26.2 Å². The monoisotopic (exact) mass is 197 g/mol. The molecule has 1 amide bonds. The number of carbonyl (C=O) groups is 1. The van der Waals surface area contributed by atoms with E-state index in [0.717, 1.165) is 0 Å². The van der Waals surface area contributed by atoms with Crippen LogP contribution in [0, 0.1) is 0 Å². The fourth-order valence-electron chi connectivity index (χ4n) is 0.984. The van der Waals surface area contributed by atoms with E-state index < -0.39 is 12.1 Å². The second-order valence-electron chi connectivity index (χ2n) is 2.68. The van der Waals surface area contributed by atoms with Crippen molar-refractivity contribution in [1.82, 2.24) is 15.8 Å². The van der Waals surface area contributed by atoms with Crippen LogP contribution in [0.25, 0.3) is 0 Å². The van der Waals surface area contributed by atoms with Crippen molar-refractivity contribution in [2.24, 2.45) is 0 Å². The average Bonchev–Trinajstić information content (AvgIpc) is 2.04. The predicted octanol–water partition coefficient (Wildman–Crippen LogP) is -0.515. The van der Waals surface area contributed by atoms with E-state index in [9.17, 15) is 18.0 Å². The first-order chi connectivity index (χ1) is 6.00. The Labute approximate surface area is 73.0 Å². The maximum atomic E-state index is 11.7. The van der Waals surface area contributed by atoms with Crippen LogP contribution in [0.4, 0.5) is 13.2 Å². The van der Waals surface area contributed by atoms with Crippen molar-refractivity contribution < 1.29 is 18.0 Å². The van der Waals surface area contributed by atoms with Crippen LogP contribution >= 0.6 is 0 Å². The molecule has 1 heterocycles. The first-order valence-corrected chi connectivity index (χ1v) is 3.83. The van der Waals surface area contributed by atoms with E-state index in [1.54, 1.807) is 5.43 Å². The highest BCUT2D eigenvalue weighted by Gasteiger charge is 2.39. The molecule has 0 spiro atoms. The Morgan fingerprint density at radius 3 is 2.31 bits per heavy atom. The van der Waals surface area contributed by atoms with Gasteiger partial charge in [-0.1, -0.05) is 0 Å². The lowest BCUT2D eigenvalue weighted by atomic mass is 10.4. The molecule has 1 aliphatic heterocycles. The summed E-state index contributed by atoms with van der Waals surface area (Å²) < 4.78 is 35.2. The van der Waals surface area contributed by atoms with Crippen molar-refractivity contribution in [3.05, 3.63) is 0 Å². The molecule has 1 fully saturated rings. The van der Waals surface area contributed by atoms with Gasteiger partial charge in [-0.05, 0) is 0 Å². The summed E-state index contributed by atoms with van der Waals surface area (Å²) in [5, 5.41) is 4.21. The van der Waals surface area contributed by atoms with Gasteiger partial charge in [-0.25, -0.2) is 5.01 Å². The van der Waals surface area contributed by atoms with E-state index in [-0.39, 0.29) is 0 Å². The first kappa shape index (κ1) is 10.3. The number of hydrogen-bond acceptors (Lipinski definition) is 3. The molecule has 0 aliphatic carbocycles. The quantitative estimate of drug-likeness (QED) is 0.594. The second kappa shape index (κ2) is 3.93. The number of hydrogen-bond donors (Lipinski definition) is 2. The molecule has 13 heavy (non-hydrogen) atoms. The summed E-state index contributed by atoms with van der Waals surface area (Å²) in [6.07, 6.45) is -4.80. The summed E-state index contributed by atoms with van der Waals surface area (Å²) >= 11 is 0. The summed E-state index contributed by atoms with van der Waals surface area (Å²) in [4.78, 5) is 10.4. The Kier molecular flexibility index (Phi) is 3.10. The lowest BCUT2D eigenvalue weighted by Gasteiger charge is -2.27. The largest absolute Gasteiger partial charge is 0.472 e. The molecule has 76 valence electrons. The van der Waals surface area contributed by atoms with Crippen LogP contribution in [-0.4, -0.2) is 43.3 Å². The number of nitrogens with one attached hydrogen (secondary N) is 2. The van der Waals surface area contributed by atoms with Crippen molar-refractivity contribution in [2.75, 3.05) is 26.2 Å². The number of halogens is 3. The SMILES string of the molecule is O=C(NN1CCNCC1)C(F)(F)F. The van der Waals surface area contributed by atoms with Gasteiger partial charge in [-0.2, -0.15) is 13.2 Å².